The smallest absolute Gasteiger partial charge is 0.387 e. The Morgan fingerprint density at radius 2 is 1.86 bits per heavy atom. The molecule has 2 aromatic heterocycles. The largest absolute Gasteiger partial charge is 0.435 e. The van der Waals surface area contributed by atoms with E-state index < -0.39 is 6.61 Å². The van der Waals surface area contributed by atoms with Crippen LogP contribution in [-0.2, 0) is 0 Å². The van der Waals surface area contributed by atoms with Crippen LogP contribution < -0.4 is 4.74 Å². The van der Waals surface area contributed by atoms with E-state index in [1.807, 2.05) is 17.5 Å². The molecular weight excluding hydrogens is 294 g/mol. The third kappa shape index (κ3) is 3.22. The van der Waals surface area contributed by atoms with Crippen LogP contribution in [0.5, 0.6) is 5.75 Å². The molecule has 0 aliphatic heterocycles. The molecule has 0 saturated heterocycles. The molecule has 0 aliphatic rings. The van der Waals surface area contributed by atoms with Crippen molar-refractivity contribution in [1.82, 2.24) is 9.97 Å². The minimum atomic E-state index is -2.81. The molecular formula is C15H10F2N2OS. The number of nitrogens with zero attached hydrogens (tertiary/aromatic N) is 2. The highest BCUT2D eigenvalue weighted by molar-refractivity contribution is 7.13. The number of hydrogen-bond acceptors (Lipinski definition) is 4. The lowest BCUT2D eigenvalue weighted by Gasteiger charge is -2.04. The maximum absolute atomic E-state index is 12.1. The van der Waals surface area contributed by atoms with Crippen LogP contribution in [0.2, 0.25) is 0 Å². The average Bonchev–Trinajstić information content (AvgIpc) is 2.98. The van der Waals surface area contributed by atoms with Crippen LogP contribution in [0, 0.1) is 0 Å². The van der Waals surface area contributed by atoms with Crippen LogP contribution in [0.4, 0.5) is 8.78 Å². The normalized spacial score (nSPS) is 10.8. The molecule has 0 radical (unpaired) electrons. The van der Waals surface area contributed by atoms with E-state index in [4.69, 9.17) is 0 Å². The fourth-order valence-electron chi connectivity index (χ4n) is 1.84. The van der Waals surface area contributed by atoms with Crippen molar-refractivity contribution in [3.8, 4) is 27.6 Å². The number of hydrogen-bond donors (Lipinski definition) is 0. The Balaban J connectivity index is 1.83. The highest BCUT2D eigenvalue weighted by atomic mass is 32.1. The Bertz CT molecular complexity index is 714. The predicted molar refractivity (Wildman–Crippen MR) is 77.4 cm³/mol. The fourth-order valence-corrected chi connectivity index (χ4v) is 2.66. The van der Waals surface area contributed by atoms with Crippen molar-refractivity contribution in [2.75, 3.05) is 0 Å². The molecule has 0 bridgehead atoms. The number of ether oxygens (including phenoxy) is 1. The van der Waals surface area contributed by atoms with Crippen molar-refractivity contribution in [3.05, 3.63) is 54.2 Å². The molecule has 3 rings (SSSR count). The molecule has 6 heteroatoms. The fraction of sp³-hybridized carbons (Fsp3) is 0.0667. The molecule has 0 spiro atoms. The van der Waals surface area contributed by atoms with Gasteiger partial charge in [0.2, 0.25) is 0 Å². The van der Waals surface area contributed by atoms with E-state index in [9.17, 15) is 8.78 Å². The number of rotatable bonds is 4. The first-order valence-electron chi connectivity index (χ1n) is 6.13. The summed E-state index contributed by atoms with van der Waals surface area (Å²) in [4.78, 5) is 8.59. The molecule has 0 unspecified atom stereocenters. The minimum Gasteiger partial charge on any atom is -0.435 e. The van der Waals surface area contributed by atoms with Crippen molar-refractivity contribution < 1.29 is 13.5 Å². The average molecular weight is 304 g/mol. The van der Waals surface area contributed by atoms with E-state index in [0.717, 1.165) is 21.8 Å². The molecule has 3 nitrogen and oxygen atoms in total. The van der Waals surface area contributed by atoms with E-state index in [1.54, 1.807) is 24.5 Å². The van der Waals surface area contributed by atoms with E-state index >= 15 is 0 Å². The summed E-state index contributed by atoms with van der Waals surface area (Å²) < 4.78 is 28.5. The summed E-state index contributed by atoms with van der Waals surface area (Å²) in [6.07, 6.45) is 3.46. The maximum atomic E-state index is 12.1. The summed E-state index contributed by atoms with van der Waals surface area (Å²) in [6.45, 7) is -2.81. The first kappa shape index (κ1) is 13.6. The summed E-state index contributed by atoms with van der Waals surface area (Å²) in [6, 6.07) is 10.2. The summed E-state index contributed by atoms with van der Waals surface area (Å²) in [5.41, 5.74) is 2.59. The summed E-state index contributed by atoms with van der Waals surface area (Å²) >= 11 is 1.51. The first-order chi connectivity index (χ1) is 10.2. The second kappa shape index (κ2) is 5.97. The molecule has 21 heavy (non-hydrogen) atoms. The zero-order valence-corrected chi connectivity index (χ0v) is 11.6. The van der Waals surface area contributed by atoms with Gasteiger partial charge < -0.3 is 4.74 Å². The predicted octanol–water partition coefficient (Wildman–Crippen LogP) is 4.47. The Morgan fingerprint density at radius 3 is 2.52 bits per heavy atom. The van der Waals surface area contributed by atoms with E-state index in [0.29, 0.717) is 0 Å². The SMILES string of the molecule is FC(F)Oc1ccc(-c2csc(-c3cccnc3)n2)cc1. The Labute approximate surface area is 123 Å². The monoisotopic (exact) mass is 304 g/mol. The zero-order chi connectivity index (χ0) is 14.7. The number of halogens is 2. The Kier molecular flexibility index (Phi) is 3.87. The van der Waals surface area contributed by atoms with Gasteiger partial charge in [0.15, 0.2) is 0 Å². The van der Waals surface area contributed by atoms with Gasteiger partial charge in [0.25, 0.3) is 0 Å². The number of pyridine rings is 1. The second-order valence-electron chi connectivity index (χ2n) is 4.18. The van der Waals surface area contributed by atoms with Gasteiger partial charge in [0.1, 0.15) is 10.8 Å². The van der Waals surface area contributed by atoms with Crippen LogP contribution in [0.3, 0.4) is 0 Å². The molecule has 2 heterocycles. The Hall–Kier alpha value is -2.34. The van der Waals surface area contributed by atoms with Crippen LogP contribution in [0.25, 0.3) is 21.8 Å². The van der Waals surface area contributed by atoms with Gasteiger partial charge in [-0.15, -0.1) is 11.3 Å². The van der Waals surface area contributed by atoms with Crippen LogP contribution in [-0.4, -0.2) is 16.6 Å². The number of aromatic nitrogens is 2. The number of thiazole rings is 1. The summed E-state index contributed by atoms with van der Waals surface area (Å²) in [5, 5.41) is 2.79. The van der Waals surface area contributed by atoms with Crippen LogP contribution >= 0.6 is 11.3 Å². The lowest BCUT2D eigenvalue weighted by Crippen LogP contribution is -2.01. The lowest BCUT2D eigenvalue weighted by atomic mass is 10.2. The number of benzene rings is 1. The van der Waals surface area contributed by atoms with Gasteiger partial charge in [-0.25, -0.2) is 4.98 Å². The Morgan fingerprint density at radius 1 is 1.05 bits per heavy atom. The summed E-state index contributed by atoms with van der Waals surface area (Å²) in [5.74, 6) is 0.136. The molecule has 3 aromatic rings. The van der Waals surface area contributed by atoms with E-state index in [-0.39, 0.29) is 5.75 Å². The molecule has 106 valence electrons. The topological polar surface area (TPSA) is 35.0 Å². The molecule has 0 saturated carbocycles. The highest BCUT2D eigenvalue weighted by Gasteiger charge is 2.08. The van der Waals surface area contributed by atoms with Gasteiger partial charge >= 0.3 is 6.61 Å². The van der Waals surface area contributed by atoms with Crippen LogP contribution in [0.15, 0.2) is 54.2 Å². The van der Waals surface area contributed by atoms with E-state index in [1.165, 1.54) is 23.5 Å². The van der Waals surface area contributed by atoms with Gasteiger partial charge in [-0.1, -0.05) is 0 Å². The maximum Gasteiger partial charge on any atom is 0.387 e. The molecule has 0 amide bonds. The number of alkyl halides is 2. The van der Waals surface area contributed by atoms with Crippen molar-refractivity contribution in [2.24, 2.45) is 0 Å². The molecule has 1 aromatic carbocycles. The molecule has 0 atom stereocenters. The van der Waals surface area contributed by atoms with Crippen molar-refractivity contribution in [2.45, 2.75) is 6.61 Å². The lowest BCUT2D eigenvalue weighted by molar-refractivity contribution is -0.0498. The van der Waals surface area contributed by atoms with Gasteiger partial charge in [-0.2, -0.15) is 8.78 Å². The van der Waals surface area contributed by atoms with Crippen molar-refractivity contribution in [3.63, 3.8) is 0 Å². The van der Waals surface area contributed by atoms with Crippen molar-refractivity contribution >= 4 is 11.3 Å². The third-order valence-electron chi connectivity index (χ3n) is 2.79. The summed E-state index contributed by atoms with van der Waals surface area (Å²) in [7, 11) is 0. The van der Waals surface area contributed by atoms with Crippen LogP contribution in [0.1, 0.15) is 0 Å². The second-order valence-corrected chi connectivity index (χ2v) is 5.04. The molecule has 0 fully saturated rings. The van der Waals surface area contributed by atoms with Gasteiger partial charge in [0.05, 0.1) is 5.69 Å². The quantitative estimate of drug-likeness (QED) is 0.713. The zero-order valence-electron chi connectivity index (χ0n) is 10.7. The van der Waals surface area contributed by atoms with Gasteiger partial charge in [-0.3, -0.25) is 4.98 Å². The highest BCUT2D eigenvalue weighted by Crippen LogP contribution is 2.29. The molecule has 0 aliphatic carbocycles. The minimum absolute atomic E-state index is 0.136. The van der Waals surface area contributed by atoms with E-state index in [2.05, 4.69) is 14.7 Å². The van der Waals surface area contributed by atoms with Gasteiger partial charge in [-0.05, 0) is 36.4 Å². The third-order valence-corrected chi connectivity index (χ3v) is 3.68. The van der Waals surface area contributed by atoms with Crippen molar-refractivity contribution in [1.29, 1.82) is 0 Å². The standard InChI is InChI=1S/C15H10F2N2OS/c16-15(17)20-12-5-3-10(4-6-12)13-9-21-14(19-13)11-2-1-7-18-8-11/h1-9,15H. The molecule has 0 N–H and O–H groups in total. The van der Waals surface area contributed by atoms with Gasteiger partial charge in [0, 0.05) is 28.9 Å². The first-order valence-corrected chi connectivity index (χ1v) is 7.01.